The Balaban J connectivity index is 1.63. The number of ether oxygens (including phenoxy) is 3. The van der Waals surface area contributed by atoms with Gasteiger partial charge in [-0.1, -0.05) is 53.4 Å². The van der Waals surface area contributed by atoms with Crippen LogP contribution in [-0.2, 0) is 4.79 Å². The van der Waals surface area contributed by atoms with E-state index in [0.29, 0.717) is 22.4 Å². The van der Waals surface area contributed by atoms with E-state index in [4.69, 9.17) is 14.2 Å². The van der Waals surface area contributed by atoms with Crippen molar-refractivity contribution in [3.05, 3.63) is 59.7 Å². The summed E-state index contributed by atoms with van der Waals surface area (Å²) in [4.78, 5) is 12.3. The molecule has 9 heteroatoms. The first-order chi connectivity index (χ1) is 15.0. The second-order valence-corrected chi connectivity index (χ2v) is 8.89. The molecule has 0 radical (unpaired) electrons. The largest absolute Gasteiger partial charge is 0.493 e. The zero-order valence-corrected chi connectivity index (χ0v) is 19.3. The molecule has 0 aliphatic rings. The summed E-state index contributed by atoms with van der Waals surface area (Å²) in [6, 6.07) is 13.7. The van der Waals surface area contributed by atoms with Crippen molar-refractivity contribution in [2.45, 2.75) is 16.5 Å². The number of nitrogens with one attached hydrogen (secondary N) is 1. The van der Waals surface area contributed by atoms with Gasteiger partial charge in [-0.3, -0.25) is 10.1 Å². The number of benzene rings is 2. The minimum atomic E-state index is -0.308. The van der Waals surface area contributed by atoms with Crippen LogP contribution < -0.4 is 19.5 Å². The highest BCUT2D eigenvalue weighted by Crippen LogP contribution is 2.39. The third-order valence-electron chi connectivity index (χ3n) is 4.30. The normalized spacial score (nSPS) is 11.9. The van der Waals surface area contributed by atoms with Gasteiger partial charge in [-0.15, -0.1) is 10.2 Å². The van der Waals surface area contributed by atoms with Gasteiger partial charge in [0.05, 0.1) is 21.3 Å². The van der Waals surface area contributed by atoms with Crippen LogP contribution in [0, 0.1) is 0 Å². The van der Waals surface area contributed by atoms with Gasteiger partial charge in [0, 0.05) is 11.3 Å². The molecule has 1 aromatic heterocycles. The lowest BCUT2D eigenvalue weighted by Gasteiger charge is -2.12. The summed E-state index contributed by atoms with van der Waals surface area (Å²) in [5.74, 6) is 1.22. The van der Waals surface area contributed by atoms with Crippen molar-refractivity contribution in [2.75, 3.05) is 26.6 Å². The molecular weight excluding hydrogens is 434 g/mol. The number of thioether (sulfide) groups is 1. The molecule has 0 bridgehead atoms. The van der Waals surface area contributed by atoms with Crippen LogP contribution in [0.15, 0.2) is 52.9 Å². The third kappa shape index (κ3) is 5.99. The number of methoxy groups -OCH3 is 3. The molecule has 0 saturated carbocycles. The second kappa shape index (κ2) is 10.8. The molecule has 0 aliphatic heterocycles. The molecule has 3 aromatic rings. The van der Waals surface area contributed by atoms with Crippen LogP contribution in [0.25, 0.3) is 6.08 Å². The Labute approximate surface area is 189 Å². The van der Waals surface area contributed by atoms with Crippen molar-refractivity contribution in [3.8, 4) is 17.2 Å². The van der Waals surface area contributed by atoms with Crippen LogP contribution in [0.5, 0.6) is 17.2 Å². The van der Waals surface area contributed by atoms with E-state index in [-0.39, 0.29) is 11.2 Å². The zero-order valence-electron chi connectivity index (χ0n) is 17.6. The minimum absolute atomic E-state index is 0.234. The van der Waals surface area contributed by atoms with E-state index in [1.165, 1.54) is 23.0 Å². The Kier molecular flexibility index (Phi) is 7.91. The van der Waals surface area contributed by atoms with Crippen LogP contribution in [-0.4, -0.2) is 37.4 Å². The number of rotatable bonds is 9. The quantitative estimate of drug-likeness (QED) is 0.273. The molecule has 1 N–H and O–H groups in total. The molecule has 2 aromatic carbocycles. The lowest BCUT2D eigenvalue weighted by Crippen LogP contribution is -2.07. The molecule has 0 spiro atoms. The van der Waals surface area contributed by atoms with Crippen LogP contribution >= 0.6 is 23.1 Å². The molecule has 3 rings (SSSR count). The van der Waals surface area contributed by atoms with Crippen molar-refractivity contribution in [1.82, 2.24) is 10.2 Å². The molecule has 0 aliphatic carbocycles. The molecule has 0 fully saturated rings. The van der Waals surface area contributed by atoms with Gasteiger partial charge in [-0.2, -0.15) is 0 Å². The van der Waals surface area contributed by atoms with E-state index in [9.17, 15) is 4.79 Å². The van der Waals surface area contributed by atoms with Crippen LogP contribution in [0.1, 0.15) is 23.3 Å². The maximum atomic E-state index is 12.3. The van der Waals surface area contributed by atoms with Crippen LogP contribution in [0.2, 0.25) is 0 Å². The number of nitrogens with zero attached hydrogens (tertiary/aromatic N) is 2. The summed E-state index contributed by atoms with van der Waals surface area (Å²) in [6.07, 6.45) is 3.08. The number of hydrogen-bond acceptors (Lipinski definition) is 8. The molecule has 0 saturated heterocycles. The van der Waals surface area contributed by atoms with Crippen molar-refractivity contribution in [3.63, 3.8) is 0 Å². The van der Waals surface area contributed by atoms with Gasteiger partial charge >= 0.3 is 0 Å². The average molecular weight is 458 g/mol. The van der Waals surface area contributed by atoms with Crippen molar-refractivity contribution in [1.29, 1.82) is 0 Å². The number of carbonyl (C=O) groups is 1. The number of carbonyl (C=O) groups excluding carboxylic acids is 1. The van der Waals surface area contributed by atoms with Gasteiger partial charge in [-0.25, -0.2) is 0 Å². The number of amides is 1. The first kappa shape index (κ1) is 22.6. The second-order valence-electron chi connectivity index (χ2n) is 6.33. The van der Waals surface area contributed by atoms with Gasteiger partial charge in [-0.05, 0) is 36.3 Å². The van der Waals surface area contributed by atoms with Crippen molar-refractivity contribution in [2.24, 2.45) is 0 Å². The SMILES string of the molecule is COc1cc(/C=C/C(=O)Nc2nnc(SC(C)c3ccccc3)s2)cc(OC)c1OC. The summed E-state index contributed by atoms with van der Waals surface area (Å²) < 4.78 is 16.8. The molecule has 1 amide bonds. The number of aromatic nitrogens is 2. The Bertz CT molecular complexity index is 1030. The number of anilines is 1. The predicted molar refractivity (Wildman–Crippen MR) is 124 cm³/mol. The monoisotopic (exact) mass is 457 g/mol. The van der Waals surface area contributed by atoms with Crippen molar-refractivity contribution < 1.29 is 19.0 Å². The maximum absolute atomic E-state index is 12.3. The summed E-state index contributed by atoms with van der Waals surface area (Å²) in [5, 5.41) is 11.6. The van der Waals surface area contributed by atoms with E-state index in [1.807, 2.05) is 18.2 Å². The lowest BCUT2D eigenvalue weighted by atomic mass is 10.1. The molecule has 162 valence electrons. The summed E-state index contributed by atoms with van der Waals surface area (Å²) >= 11 is 2.94. The molecule has 7 nitrogen and oxygen atoms in total. The zero-order chi connectivity index (χ0) is 22.2. The van der Waals surface area contributed by atoms with Gasteiger partial charge in [0.2, 0.25) is 16.8 Å². The summed E-state index contributed by atoms with van der Waals surface area (Å²) in [7, 11) is 4.63. The Morgan fingerprint density at radius 2 is 1.74 bits per heavy atom. The first-order valence-electron chi connectivity index (χ1n) is 9.38. The molecule has 1 unspecified atom stereocenters. The van der Waals surface area contributed by atoms with E-state index in [0.717, 1.165) is 9.90 Å². The minimum Gasteiger partial charge on any atom is -0.493 e. The first-order valence-corrected chi connectivity index (χ1v) is 11.1. The van der Waals surface area contributed by atoms with E-state index < -0.39 is 0 Å². The fraction of sp³-hybridized carbons (Fsp3) is 0.227. The van der Waals surface area contributed by atoms with E-state index in [1.54, 1.807) is 51.3 Å². The highest BCUT2D eigenvalue weighted by atomic mass is 32.2. The van der Waals surface area contributed by atoms with Crippen LogP contribution in [0.4, 0.5) is 5.13 Å². The summed E-state index contributed by atoms with van der Waals surface area (Å²) in [6.45, 7) is 2.11. The molecule has 31 heavy (non-hydrogen) atoms. The standard InChI is InChI=1S/C22H23N3O4S2/c1-14(16-8-6-5-7-9-16)30-22-25-24-21(31-22)23-19(26)11-10-15-12-17(27-2)20(29-4)18(13-15)28-3/h5-14H,1-4H3,(H,23,24,26)/b11-10+. The smallest absolute Gasteiger partial charge is 0.250 e. The van der Waals surface area contributed by atoms with Gasteiger partial charge in [0.1, 0.15) is 0 Å². The van der Waals surface area contributed by atoms with E-state index in [2.05, 4.69) is 34.6 Å². The third-order valence-corrected chi connectivity index (χ3v) is 6.38. The van der Waals surface area contributed by atoms with E-state index >= 15 is 0 Å². The maximum Gasteiger partial charge on any atom is 0.250 e. The van der Waals surface area contributed by atoms with Crippen LogP contribution in [0.3, 0.4) is 0 Å². The average Bonchev–Trinajstić information content (AvgIpc) is 3.23. The highest BCUT2D eigenvalue weighted by Gasteiger charge is 2.14. The Morgan fingerprint density at radius 1 is 1.06 bits per heavy atom. The predicted octanol–water partition coefficient (Wildman–Crippen LogP) is 5.07. The van der Waals surface area contributed by atoms with Gasteiger partial charge < -0.3 is 14.2 Å². The summed E-state index contributed by atoms with van der Waals surface area (Å²) in [5.41, 5.74) is 1.94. The lowest BCUT2D eigenvalue weighted by molar-refractivity contribution is -0.111. The topological polar surface area (TPSA) is 82.6 Å². The van der Waals surface area contributed by atoms with Gasteiger partial charge in [0.25, 0.3) is 0 Å². The Morgan fingerprint density at radius 3 is 2.35 bits per heavy atom. The highest BCUT2D eigenvalue weighted by molar-refractivity contribution is 8.01. The fourth-order valence-corrected chi connectivity index (χ4v) is 4.79. The number of hydrogen-bond donors (Lipinski definition) is 1. The fourth-order valence-electron chi connectivity index (χ4n) is 2.77. The molecule has 1 atom stereocenters. The van der Waals surface area contributed by atoms with Crippen molar-refractivity contribution >= 4 is 40.2 Å². The molecular formula is C22H23N3O4S2. The Hall–Kier alpha value is -3.04. The van der Waals surface area contributed by atoms with Gasteiger partial charge in [0.15, 0.2) is 15.8 Å². The molecule has 1 heterocycles.